The number of hydrogen-bond acceptors (Lipinski definition) is 4. The number of ether oxygens (including phenoxy) is 1. The van der Waals surface area contributed by atoms with Gasteiger partial charge < -0.3 is 15.8 Å². The van der Waals surface area contributed by atoms with Crippen LogP contribution < -0.4 is 11.1 Å². The summed E-state index contributed by atoms with van der Waals surface area (Å²) in [4.78, 5) is 14.4. The van der Waals surface area contributed by atoms with E-state index in [1.54, 1.807) is 0 Å². The molecule has 1 aliphatic heterocycles. The third-order valence-electron chi connectivity index (χ3n) is 4.09. The van der Waals surface area contributed by atoms with E-state index in [1.807, 2.05) is 26.0 Å². The van der Waals surface area contributed by atoms with Crippen LogP contribution in [0, 0.1) is 5.92 Å². The Bertz CT molecular complexity index is 490. The number of carbonyl (C=O) groups is 1. The molecule has 0 aromatic heterocycles. The van der Waals surface area contributed by atoms with Gasteiger partial charge in [-0.2, -0.15) is 0 Å². The summed E-state index contributed by atoms with van der Waals surface area (Å²) in [5.41, 5.74) is 8.28. The lowest BCUT2D eigenvalue weighted by Gasteiger charge is -2.27. The van der Waals surface area contributed by atoms with Crippen LogP contribution in [-0.2, 0) is 22.6 Å². The van der Waals surface area contributed by atoms with Crippen molar-refractivity contribution in [3.8, 4) is 0 Å². The molecule has 1 fully saturated rings. The molecule has 2 rings (SSSR count). The number of nitrogens with two attached hydrogens (primary N) is 1. The Morgan fingerprint density at radius 2 is 1.87 bits per heavy atom. The van der Waals surface area contributed by atoms with Gasteiger partial charge in [-0.3, -0.25) is 9.69 Å². The second-order valence-electron chi connectivity index (χ2n) is 6.14. The zero-order valence-electron chi connectivity index (χ0n) is 14.0. The molecular weight excluding hydrogens is 314 g/mol. The minimum atomic E-state index is -0.452. The first-order valence-corrected chi connectivity index (χ1v) is 7.98. The molecule has 1 aromatic carbocycles. The summed E-state index contributed by atoms with van der Waals surface area (Å²) < 4.78 is 5.38. The Morgan fingerprint density at radius 3 is 2.48 bits per heavy atom. The van der Waals surface area contributed by atoms with E-state index >= 15 is 0 Å². The van der Waals surface area contributed by atoms with E-state index in [0.29, 0.717) is 6.54 Å². The third kappa shape index (κ3) is 6.11. The van der Waals surface area contributed by atoms with Crippen molar-refractivity contribution < 1.29 is 9.53 Å². The topological polar surface area (TPSA) is 67.6 Å². The van der Waals surface area contributed by atoms with Crippen molar-refractivity contribution in [3.05, 3.63) is 35.4 Å². The second-order valence-corrected chi connectivity index (χ2v) is 6.14. The van der Waals surface area contributed by atoms with E-state index in [9.17, 15) is 4.79 Å². The number of rotatable bonds is 6. The highest BCUT2D eigenvalue weighted by Gasteiger charge is 2.17. The van der Waals surface area contributed by atoms with Gasteiger partial charge in [0.05, 0.1) is 19.3 Å². The molecule has 23 heavy (non-hydrogen) atoms. The van der Waals surface area contributed by atoms with Gasteiger partial charge in [0.1, 0.15) is 0 Å². The molecular formula is C17H28ClN3O2. The lowest BCUT2D eigenvalue weighted by molar-refractivity contribution is -0.123. The summed E-state index contributed by atoms with van der Waals surface area (Å²) in [5.74, 6) is 0.0553. The third-order valence-corrected chi connectivity index (χ3v) is 4.09. The van der Waals surface area contributed by atoms with Gasteiger partial charge >= 0.3 is 0 Å². The van der Waals surface area contributed by atoms with Crippen molar-refractivity contribution in [2.75, 3.05) is 26.3 Å². The van der Waals surface area contributed by atoms with E-state index in [2.05, 4.69) is 22.3 Å². The Morgan fingerprint density at radius 1 is 1.26 bits per heavy atom. The Kier molecular flexibility index (Phi) is 8.55. The quantitative estimate of drug-likeness (QED) is 0.823. The predicted octanol–water partition coefficient (Wildman–Crippen LogP) is 1.54. The minimum absolute atomic E-state index is 0. The van der Waals surface area contributed by atoms with Crippen molar-refractivity contribution in [3.63, 3.8) is 0 Å². The van der Waals surface area contributed by atoms with Crippen molar-refractivity contribution in [1.82, 2.24) is 10.2 Å². The fourth-order valence-electron chi connectivity index (χ4n) is 2.49. The minimum Gasteiger partial charge on any atom is -0.379 e. The number of amides is 1. The summed E-state index contributed by atoms with van der Waals surface area (Å²) in [5, 5.41) is 2.95. The normalized spacial score (nSPS) is 16.7. The van der Waals surface area contributed by atoms with Crippen LogP contribution in [0.3, 0.4) is 0 Å². The Hall–Kier alpha value is -1.14. The van der Waals surface area contributed by atoms with E-state index in [0.717, 1.165) is 38.4 Å². The van der Waals surface area contributed by atoms with Crippen molar-refractivity contribution in [2.45, 2.75) is 33.0 Å². The number of halogens is 1. The summed E-state index contributed by atoms with van der Waals surface area (Å²) in [7, 11) is 0. The first-order valence-electron chi connectivity index (χ1n) is 7.98. The fourth-order valence-corrected chi connectivity index (χ4v) is 2.49. The second kappa shape index (κ2) is 9.88. The molecule has 1 heterocycles. The molecule has 1 aliphatic rings. The average Bonchev–Trinajstić information content (AvgIpc) is 2.54. The lowest BCUT2D eigenvalue weighted by atomic mass is 10.0. The van der Waals surface area contributed by atoms with Gasteiger partial charge in [0.15, 0.2) is 0 Å². The molecule has 1 amide bonds. The number of benzene rings is 1. The first kappa shape index (κ1) is 19.9. The van der Waals surface area contributed by atoms with Crippen LogP contribution in [0.2, 0.25) is 0 Å². The Balaban J connectivity index is 0.00000264. The SMILES string of the molecule is CC(C)[C@H](N)C(=O)NCc1ccccc1CN1CCOCC1.Cl. The maximum Gasteiger partial charge on any atom is 0.237 e. The van der Waals surface area contributed by atoms with Crippen LogP contribution in [0.5, 0.6) is 0 Å². The molecule has 1 atom stereocenters. The molecule has 1 saturated heterocycles. The Labute approximate surface area is 145 Å². The van der Waals surface area contributed by atoms with Gasteiger partial charge in [-0.1, -0.05) is 38.1 Å². The van der Waals surface area contributed by atoms with Crippen LogP contribution in [0.25, 0.3) is 0 Å². The molecule has 130 valence electrons. The van der Waals surface area contributed by atoms with Crippen LogP contribution in [-0.4, -0.2) is 43.2 Å². The van der Waals surface area contributed by atoms with Crippen LogP contribution in [0.1, 0.15) is 25.0 Å². The number of hydrogen-bond donors (Lipinski definition) is 2. The molecule has 0 unspecified atom stereocenters. The molecule has 0 radical (unpaired) electrons. The van der Waals surface area contributed by atoms with E-state index in [4.69, 9.17) is 10.5 Å². The first-order chi connectivity index (χ1) is 10.6. The van der Waals surface area contributed by atoms with E-state index in [-0.39, 0.29) is 24.2 Å². The van der Waals surface area contributed by atoms with Crippen molar-refractivity contribution in [1.29, 1.82) is 0 Å². The van der Waals surface area contributed by atoms with Gasteiger partial charge in [0.25, 0.3) is 0 Å². The summed E-state index contributed by atoms with van der Waals surface area (Å²) in [6, 6.07) is 7.79. The standard InChI is InChI=1S/C17H27N3O2.ClH/c1-13(2)16(18)17(21)19-11-14-5-3-4-6-15(14)12-20-7-9-22-10-8-20;/h3-6,13,16H,7-12,18H2,1-2H3,(H,19,21);1H/t16-;/m0./s1. The molecule has 0 spiro atoms. The molecule has 6 heteroatoms. The molecule has 5 nitrogen and oxygen atoms in total. The van der Waals surface area contributed by atoms with Crippen molar-refractivity contribution in [2.24, 2.45) is 11.7 Å². The molecule has 3 N–H and O–H groups in total. The van der Waals surface area contributed by atoms with Gasteiger partial charge in [0.2, 0.25) is 5.91 Å². The number of morpholine rings is 1. The van der Waals surface area contributed by atoms with Crippen molar-refractivity contribution >= 4 is 18.3 Å². The number of carbonyl (C=O) groups excluding carboxylic acids is 1. The maximum absolute atomic E-state index is 12.0. The average molecular weight is 342 g/mol. The smallest absolute Gasteiger partial charge is 0.237 e. The van der Waals surface area contributed by atoms with Gasteiger partial charge in [-0.15, -0.1) is 12.4 Å². The predicted molar refractivity (Wildman–Crippen MR) is 94.4 cm³/mol. The summed E-state index contributed by atoms with van der Waals surface area (Å²) in [6.45, 7) is 8.83. The highest BCUT2D eigenvalue weighted by molar-refractivity contribution is 5.85. The van der Waals surface area contributed by atoms with Crippen LogP contribution in [0.15, 0.2) is 24.3 Å². The lowest BCUT2D eigenvalue weighted by Crippen LogP contribution is -2.43. The zero-order chi connectivity index (χ0) is 15.9. The number of nitrogens with zero attached hydrogens (tertiary/aromatic N) is 1. The number of nitrogens with one attached hydrogen (secondary N) is 1. The molecule has 0 saturated carbocycles. The van der Waals surface area contributed by atoms with Gasteiger partial charge in [0, 0.05) is 26.2 Å². The van der Waals surface area contributed by atoms with Gasteiger partial charge in [-0.25, -0.2) is 0 Å². The highest BCUT2D eigenvalue weighted by Crippen LogP contribution is 2.13. The van der Waals surface area contributed by atoms with Gasteiger partial charge in [-0.05, 0) is 17.0 Å². The van der Waals surface area contributed by atoms with Crippen LogP contribution >= 0.6 is 12.4 Å². The summed E-state index contributed by atoms with van der Waals surface area (Å²) in [6.07, 6.45) is 0. The van der Waals surface area contributed by atoms with E-state index in [1.165, 1.54) is 5.56 Å². The van der Waals surface area contributed by atoms with E-state index < -0.39 is 6.04 Å². The highest BCUT2D eigenvalue weighted by atomic mass is 35.5. The fraction of sp³-hybridized carbons (Fsp3) is 0.588. The van der Waals surface area contributed by atoms with Crippen LogP contribution in [0.4, 0.5) is 0 Å². The summed E-state index contributed by atoms with van der Waals surface area (Å²) >= 11 is 0. The molecule has 1 aromatic rings. The molecule has 0 bridgehead atoms. The largest absolute Gasteiger partial charge is 0.379 e. The maximum atomic E-state index is 12.0. The zero-order valence-corrected chi connectivity index (χ0v) is 14.8. The molecule has 0 aliphatic carbocycles. The monoisotopic (exact) mass is 341 g/mol.